The molecule has 1 aliphatic heterocycles. The molecule has 0 spiro atoms. The van der Waals surface area contributed by atoms with Crippen LogP contribution in [-0.4, -0.2) is 43.0 Å². The first-order valence-corrected chi connectivity index (χ1v) is 6.59. The number of aryl methyl sites for hydroxylation is 1. The Hall–Kier alpha value is -1.19. The maximum atomic E-state index is 12.1. The molecule has 0 saturated carbocycles. The monoisotopic (exact) mass is 247 g/mol. The zero-order valence-corrected chi connectivity index (χ0v) is 11.2. The van der Waals surface area contributed by atoms with Crippen molar-refractivity contribution >= 4 is 5.78 Å². The summed E-state index contributed by atoms with van der Waals surface area (Å²) in [6.07, 6.45) is 0.878. The number of carbonyl (C=O) groups is 1. The molecular formula is C15H21NO2. The predicted octanol–water partition coefficient (Wildman–Crippen LogP) is 2.29. The largest absolute Gasteiger partial charge is 0.376 e. The second kappa shape index (κ2) is 6.12. The summed E-state index contributed by atoms with van der Waals surface area (Å²) in [5, 5.41) is 0. The van der Waals surface area contributed by atoms with Crippen LogP contribution in [-0.2, 0) is 4.74 Å². The van der Waals surface area contributed by atoms with E-state index in [0.717, 1.165) is 37.4 Å². The van der Waals surface area contributed by atoms with Gasteiger partial charge in [-0.1, -0.05) is 23.8 Å². The average molecular weight is 247 g/mol. The lowest BCUT2D eigenvalue weighted by atomic mass is 10.1. The van der Waals surface area contributed by atoms with Crippen molar-refractivity contribution in [3.63, 3.8) is 0 Å². The Morgan fingerprint density at radius 2 is 2.33 bits per heavy atom. The zero-order valence-electron chi connectivity index (χ0n) is 11.2. The fourth-order valence-corrected chi connectivity index (χ4v) is 2.32. The van der Waals surface area contributed by atoms with Crippen LogP contribution in [0.15, 0.2) is 24.3 Å². The smallest absolute Gasteiger partial charge is 0.164 e. The lowest BCUT2D eigenvalue weighted by Gasteiger charge is -2.30. The highest BCUT2D eigenvalue weighted by Gasteiger charge is 2.17. The van der Waals surface area contributed by atoms with Gasteiger partial charge in [-0.05, 0) is 19.9 Å². The van der Waals surface area contributed by atoms with Gasteiger partial charge in [0.1, 0.15) is 0 Å². The van der Waals surface area contributed by atoms with Gasteiger partial charge < -0.3 is 4.74 Å². The molecule has 1 atom stereocenters. The van der Waals surface area contributed by atoms with E-state index in [1.807, 2.05) is 31.2 Å². The fraction of sp³-hybridized carbons (Fsp3) is 0.533. The summed E-state index contributed by atoms with van der Waals surface area (Å²) in [6.45, 7) is 7.57. The highest BCUT2D eigenvalue weighted by molar-refractivity contribution is 5.96. The van der Waals surface area contributed by atoms with E-state index in [-0.39, 0.29) is 11.9 Å². The first-order valence-electron chi connectivity index (χ1n) is 6.59. The first kappa shape index (κ1) is 13.2. The second-order valence-corrected chi connectivity index (χ2v) is 5.02. The molecule has 1 unspecified atom stereocenters. The topological polar surface area (TPSA) is 29.5 Å². The van der Waals surface area contributed by atoms with Gasteiger partial charge in [0, 0.05) is 31.6 Å². The van der Waals surface area contributed by atoms with Gasteiger partial charge in [0.05, 0.1) is 12.7 Å². The Balaban J connectivity index is 1.84. The average Bonchev–Trinajstić information content (AvgIpc) is 2.36. The molecule has 0 aliphatic carbocycles. The fourth-order valence-electron chi connectivity index (χ4n) is 2.32. The molecule has 1 saturated heterocycles. The van der Waals surface area contributed by atoms with E-state index in [0.29, 0.717) is 6.42 Å². The number of Topliss-reactive ketones (excluding diaryl/α,β-unsaturated/α-hetero) is 1. The predicted molar refractivity (Wildman–Crippen MR) is 72.0 cm³/mol. The summed E-state index contributed by atoms with van der Waals surface area (Å²) in [7, 11) is 0. The van der Waals surface area contributed by atoms with Crippen molar-refractivity contribution < 1.29 is 9.53 Å². The third-order valence-corrected chi connectivity index (χ3v) is 3.32. The molecule has 0 N–H and O–H groups in total. The minimum atomic E-state index is 0.234. The quantitative estimate of drug-likeness (QED) is 0.765. The number of nitrogens with zero attached hydrogens (tertiary/aromatic N) is 1. The first-order chi connectivity index (χ1) is 8.65. The van der Waals surface area contributed by atoms with Gasteiger partial charge in [-0.2, -0.15) is 0 Å². The number of rotatable bonds is 4. The highest BCUT2D eigenvalue weighted by Crippen LogP contribution is 2.09. The lowest BCUT2D eigenvalue weighted by molar-refractivity contribution is -0.0180. The number of ketones is 1. The number of carbonyl (C=O) groups excluding carboxylic acids is 1. The number of hydrogen-bond acceptors (Lipinski definition) is 3. The van der Waals surface area contributed by atoms with Crippen molar-refractivity contribution in [2.75, 3.05) is 26.2 Å². The van der Waals surface area contributed by atoms with Crippen molar-refractivity contribution in [1.29, 1.82) is 0 Å². The van der Waals surface area contributed by atoms with E-state index in [9.17, 15) is 4.79 Å². The molecule has 0 aromatic heterocycles. The summed E-state index contributed by atoms with van der Waals surface area (Å²) in [6, 6.07) is 7.82. The molecule has 98 valence electrons. The van der Waals surface area contributed by atoms with E-state index >= 15 is 0 Å². The Labute approximate surface area is 109 Å². The molecule has 3 heteroatoms. The van der Waals surface area contributed by atoms with Gasteiger partial charge in [0.15, 0.2) is 5.78 Å². The van der Waals surface area contributed by atoms with E-state index in [1.165, 1.54) is 0 Å². The van der Waals surface area contributed by atoms with Crippen molar-refractivity contribution in [2.45, 2.75) is 26.4 Å². The van der Waals surface area contributed by atoms with Crippen LogP contribution in [0.1, 0.15) is 29.3 Å². The van der Waals surface area contributed by atoms with Crippen molar-refractivity contribution in [3.8, 4) is 0 Å². The molecule has 3 nitrogen and oxygen atoms in total. The minimum absolute atomic E-state index is 0.234. The van der Waals surface area contributed by atoms with Gasteiger partial charge in [-0.15, -0.1) is 0 Å². The molecule has 0 radical (unpaired) electrons. The van der Waals surface area contributed by atoms with E-state index in [4.69, 9.17) is 4.74 Å². The van der Waals surface area contributed by atoms with Crippen LogP contribution in [0.2, 0.25) is 0 Å². The Bertz CT molecular complexity index is 417. The standard InChI is InChI=1S/C15H21NO2/c1-12-4-3-5-14(10-12)15(17)6-7-16-8-9-18-13(2)11-16/h3-5,10,13H,6-9,11H2,1-2H3. The number of benzene rings is 1. The second-order valence-electron chi connectivity index (χ2n) is 5.02. The molecule has 1 aliphatic rings. The summed E-state index contributed by atoms with van der Waals surface area (Å²) in [5.74, 6) is 0.234. The Morgan fingerprint density at radius 1 is 1.50 bits per heavy atom. The number of hydrogen-bond donors (Lipinski definition) is 0. The molecule has 2 rings (SSSR count). The van der Waals surface area contributed by atoms with Crippen LogP contribution in [0.3, 0.4) is 0 Å². The number of morpholine rings is 1. The highest BCUT2D eigenvalue weighted by atomic mass is 16.5. The molecule has 18 heavy (non-hydrogen) atoms. The molecule has 1 fully saturated rings. The molecule has 1 heterocycles. The molecule has 0 bridgehead atoms. The van der Waals surface area contributed by atoms with Gasteiger partial charge in [0.2, 0.25) is 0 Å². The maximum absolute atomic E-state index is 12.1. The minimum Gasteiger partial charge on any atom is -0.376 e. The van der Waals surface area contributed by atoms with Gasteiger partial charge >= 0.3 is 0 Å². The molecule has 0 amide bonds. The summed E-state index contributed by atoms with van der Waals surface area (Å²) < 4.78 is 5.49. The normalized spacial score (nSPS) is 20.9. The summed E-state index contributed by atoms with van der Waals surface area (Å²) in [5.41, 5.74) is 1.97. The Kier molecular flexibility index (Phi) is 4.50. The lowest BCUT2D eigenvalue weighted by Crippen LogP contribution is -2.41. The maximum Gasteiger partial charge on any atom is 0.164 e. The van der Waals surface area contributed by atoms with E-state index in [2.05, 4.69) is 11.8 Å². The summed E-state index contributed by atoms with van der Waals surface area (Å²) in [4.78, 5) is 14.4. The van der Waals surface area contributed by atoms with Crippen molar-refractivity contribution in [3.05, 3.63) is 35.4 Å². The third-order valence-electron chi connectivity index (χ3n) is 3.32. The van der Waals surface area contributed by atoms with Gasteiger partial charge in [-0.3, -0.25) is 9.69 Å². The van der Waals surface area contributed by atoms with Crippen LogP contribution < -0.4 is 0 Å². The SMILES string of the molecule is Cc1cccc(C(=O)CCN2CCOC(C)C2)c1. The van der Waals surface area contributed by atoms with Crippen LogP contribution in [0.25, 0.3) is 0 Å². The van der Waals surface area contributed by atoms with Crippen molar-refractivity contribution in [1.82, 2.24) is 4.90 Å². The molecule has 1 aromatic carbocycles. The molecule has 1 aromatic rings. The van der Waals surface area contributed by atoms with E-state index < -0.39 is 0 Å². The van der Waals surface area contributed by atoms with E-state index in [1.54, 1.807) is 0 Å². The van der Waals surface area contributed by atoms with Crippen LogP contribution in [0, 0.1) is 6.92 Å². The van der Waals surface area contributed by atoms with Crippen LogP contribution >= 0.6 is 0 Å². The van der Waals surface area contributed by atoms with Gasteiger partial charge in [-0.25, -0.2) is 0 Å². The summed E-state index contributed by atoms with van der Waals surface area (Å²) >= 11 is 0. The number of ether oxygens (including phenoxy) is 1. The van der Waals surface area contributed by atoms with Gasteiger partial charge in [0.25, 0.3) is 0 Å². The third kappa shape index (κ3) is 3.65. The van der Waals surface area contributed by atoms with Crippen molar-refractivity contribution in [2.24, 2.45) is 0 Å². The molecular weight excluding hydrogens is 226 g/mol. The Morgan fingerprint density at radius 3 is 3.06 bits per heavy atom. The van der Waals surface area contributed by atoms with Crippen LogP contribution in [0.4, 0.5) is 0 Å². The van der Waals surface area contributed by atoms with Crippen LogP contribution in [0.5, 0.6) is 0 Å². The zero-order chi connectivity index (χ0) is 13.0.